The summed E-state index contributed by atoms with van der Waals surface area (Å²) in [6.07, 6.45) is 0.138. The highest BCUT2D eigenvalue weighted by Crippen LogP contribution is 2.35. The zero-order chi connectivity index (χ0) is 29.4. The topological polar surface area (TPSA) is 120 Å². The number of benzene rings is 3. The van der Waals surface area contributed by atoms with E-state index in [9.17, 15) is 19.5 Å². The summed E-state index contributed by atoms with van der Waals surface area (Å²) in [6.45, 7) is 5.57. The molecule has 0 saturated carbocycles. The van der Waals surface area contributed by atoms with Crippen LogP contribution in [0.2, 0.25) is 0 Å². The number of hydrogen-bond donors (Lipinski definition) is 3. The number of rotatable bonds is 10. The number of likely N-dealkylation sites (N-methyl/N-ethyl adjacent to an activating group) is 1. The van der Waals surface area contributed by atoms with Gasteiger partial charge in [-0.1, -0.05) is 13.0 Å². The van der Waals surface area contributed by atoms with E-state index in [4.69, 9.17) is 9.47 Å². The third-order valence-corrected chi connectivity index (χ3v) is 6.99. The summed E-state index contributed by atoms with van der Waals surface area (Å²) >= 11 is 0. The van der Waals surface area contributed by atoms with Gasteiger partial charge in [-0.2, -0.15) is 0 Å². The Balaban J connectivity index is 1.59. The van der Waals surface area contributed by atoms with Crippen LogP contribution in [0.5, 0.6) is 11.5 Å². The van der Waals surface area contributed by atoms with E-state index < -0.39 is 23.9 Å². The summed E-state index contributed by atoms with van der Waals surface area (Å²) in [4.78, 5) is 42.7. The Morgan fingerprint density at radius 2 is 1.54 bits per heavy atom. The summed E-state index contributed by atoms with van der Waals surface area (Å²) in [6, 6.07) is 18.7. The van der Waals surface area contributed by atoms with Crippen molar-refractivity contribution in [1.82, 2.24) is 4.90 Å². The molecule has 3 N–H and O–H groups in total. The van der Waals surface area contributed by atoms with Crippen LogP contribution < -0.4 is 25.0 Å². The lowest BCUT2D eigenvalue weighted by Crippen LogP contribution is -2.28. The second-order valence-corrected chi connectivity index (χ2v) is 9.86. The lowest BCUT2D eigenvalue weighted by Gasteiger charge is -2.23. The molecule has 0 aromatic heterocycles. The molecule has 1 aliphatic rings. The van der Waals surface area contributed by atoms with Crippen molar-refractivity contribution in [3.63, 3.8) is 0 Å². The number of methoxy groups -OCH3 is 1. The molecule has 3 aromatic carbocycles. The van der Waals surface area contributed by atoms with Gasteiger partial charge in [-0.15, -0.1) is 0 Å². The van der Waals surface area contributed by atoms with Gasteiger partial charge in [0.15, 0.2) is 6.10 Å². The van der Waals surface area contributed by atoms with Crippen LogP contribution in [0.3, 0.4) is 0 Å². The molecule has 1 fully saturated rings. The molecule has 1 aliphatic heterocycles. The average molecular weight is 561 g/mol. The average Bonchev–Trinajstić information content (AvgIpc) is 3.21. The van der Waals surface area contributed by atoms with Crippen molar-refractivity contribution >= 4 is 34.8 Å². The first kappa shape index (κ1) is 29.4. The van der Waals surface area contributed by atoms with E-state index >= 15 is 0 Å². The minimum absolute atomic E-state index is 0.130. The Kier molecular flexibility index (Phi) is 9.81. The van der Waals surface area contributed by atoms with E-state index in [1.54, 1.807) is 61.5 Å². The van der Waals surface area contributed by atoms with E-state index in [0.29, 0.717) is 16.9 Å². The summed E-state index contributed by atoms with van der Waals surface area (Å²) in [5.74, 6) is -1.24. The van der Waals surface area contributed by atoms with Crippen LogP contribution in [0.25, 0.3) is 0 Å². The van der Waals surface area contributed by atoms with E-state index in [-0.39, 0.29) is 23.5 Å². The van der Waals surface area contributed by atoms with Gasteiger partial charge in [-0.05, 0) is 87.1 Å². The van der Waals surface area contributed by atoms with Crippen LogP contribution in [0.4, 0.5) is 17.1 Å². The van der Waals surface area contributed by atoms with Crippen LogP contribution in [-0.2, 0) is 4.79 Å². The number of nitrogens with zero attached hydrogens (tertiary/aromatic N) is 2. The molecule has 0 bridgehead atoms. The van der Waals surface area contributed by atoms with Crippen molar-refractivity contribution in [3.8, 4) is 11.5 Å². The number of anilines is 3. The monoisotopic (exact) mass is 560 g/mol. The van der Waals surface area contributed by atoms with Gasteiger partial charge in [-0.3, -0.25) is 9.59 Å². The normalized spacial score (nSPS) is 14.5. The molecule has 3 aromatic rings. The Hall–Kier alpha value is -4.57. The van der Waals surface area contributed by atoms with Gasteiger partial charge in [-0.25, -0.2) is 4.79 Å². The summed E-state index contributed by atoms with van der Waals surface area (Å²) < 4.78 is 10.9. The fourth-order valence-corrected chi connectivity index (χ4v) is 4.57. The molecule has 1 saturated heterocycles. The zero-order valence-electron chi connectivity index (χ0n) is 23.6. The third kappa shape index (κ3) is 7.55. The molecule has 0 radical (unpaired) electrons. The minimum atomic E-state index is -1.13. The first-order chi connectivity index (χ1) is 19.8. The summed E-state index contributed by atoms with van der Waals surface area (Å²) in [5, 5.41) is 15.2. The maximum Gasteiger partial charge on any atom is 0.344 e. The van der Waals surface area contributed by atoms with Crippen LogP contribution in [0, 0.1) is 0 Å². The van der Waals surface area contributed by atoms with Gasteiger partial charge in [0.05, 0.1) is 12.8 Å². The highest BCUT2D eigenvalue weighted by molar-refractivity contribution is 6.11. The molecule has 1 atom stereocenters. The van der Waals surface area contributed by atoms with Gasteiger partial charge >= 0.3 is 5.97 Å². The predicted octanol–water partition coefficient (Wildman–Crippen LogP) is 4.58. The number of carbonyl (C=O) groups is 3. The maximum atomic E-state index is 13.4. The molecule has 1 unspecified atom stereocenters. The number of carboxylic acid groups (broad SMARTS) is 1. The van der Waals surface area contributed by atoms with E-state index in [1.807, 2.05) is 12.1 Å². The molecule has 0 aliphatic carbocycles. The molecule has 4 rings (SSSR count). The van der Waals surface area contributed by atoms with E-state index in [2.05, 4.69) is 27.5 Å². The number of ether oxygens (including phenoxy) is 2. The van der Waals surface area contributed by atoms with E-state index in [0.717, 1.165) is 38.3 Å². The highest BCUT2D eigenvalue weighted by Gasteiger charge is 2.22. The number of nitrogens with one attached hydrogen (secondary N) is 2. The van der Waals surface area contributed by atoms with Gasteiger partial charge in [0.2, 0.25) is 0 Å². The van der Waals surface area contributed by atoms with Crippen LogP contribution in [-0.4, -0.2) is 74.2 Å². The SMILES string of the molecule is CCC(Oc1cccc(NC(=O)c2ccc(OC)cc2)c1NC(=O)c1ccc(N2CCCN(C)CC2)cc1)C(=O)O. The number of carboxylic acids is 1. The van der Waals surface area contributed by atoms with Crippen molar-refractivity contribution < 1.29 is 29.0 Å². The van der Waals surface area contributed by atoms with Crippen molar-refractivity contribution in [2.24, 2.45) is 0 Å². The largest absolute Gasteiger partial charge is 0.497 e. The molecule has 41 heavy (non-hydrogen) atoms. The molecule has 10 nitrogen and oxygen atoms in total. The Bertz CT molecular complexity index is 1360. The number of carbonyl (C=O) groups excluding carboxylic acids is 2. The maximum absolute atomic E-state index is 13.4. The predicted molar refractivity (Wildman–Crippen MR) is 158 cm³/mol. The quantitative estimate of drug-likeness (QED) is 0.330. The fourth-order valence-electron chi connectivity index (χ4n) is 4.57. The number of hydrogen-bond acceptors (Lipinski definition) is 7. The van der Waals surface area contributed by atoms with Gasteiger partial charge in [0.1, 0.15) is 17.2 Å². The van der Waals surface area contributed by atoms with Crippen molar-refractivity contribution in [1.29, 1.82) is 0 Å². The van der Waals surface area contributed by atoms with Gasteiger partial charge in [0.25, 0.3) is 11.8 Å². The van der Waals surface area contributed by atoms with Gasteiger partial charge < -0.3 is 35.0 Å². The first-order valence-electron chi connectivity index (χ1n) is 13.6. The second kappa shape index (κ2) is 13.7. The fraction of sp³-hybridized carbons (Fsp3) is 0.323. The van der Waals surface area contributed by atoms with Crippen molar-refractivity contribution in [3.05, 3.63) is 77.9 Å². The number of para-hydroxylation sites is 1. The van der Waals surface area contributed by atoms with E-state index in [1.165, 1.54) is 7.11 Å². The standard InChI is InChI=1S/C31H36N4O6/c1-4-26(31(38)39)41-27-8-5-7-25(32-29(36)22-11-15-24(40-3)16-12-22)28(27)33-30(37)21-9-13-23(14-10-21)35-18-6-17-34(2)19-20-35/h5,7-16,26H,4,6,17-20H2,1-3H3,(H,32,36)(H,33,37)(H,38,39). The molecule has 10 heteroatoms. The lowest BCUT2D eigenvalue weighted by molar-refractivity contribution is -0.145. The Morgan fingerprint density at radius 3 is 2.17 bits per heavy atom. The Labute approximate surface area is 239 Å². The van der Waals surface area contributed by atoms with Gasteiger partial charge in [0, 0.05) is 36.4 Å². The molecule has 216 valence electrons. The van der Waals surface area contributed by atoms with Crippen LogP contribution in [0.1, 0.15) is 40.5 Å². The van der Waals surface area contributed by atoms with Crippen LogP contribution in [0.15, 0.2) is 66.7 Å². The third-order valence-electron chi connectivity index (χ3n) is 6.99. The number of amides is 2. The molecular weight excluding hydrogens is 524 g/mol. The zero-order valence-corrected chi connectivity index (χ0v) is 23.6. The molecule has 2 amide bonds. The van der Waals surface area contributed by atoms with Crippen molar-refractivity contribution in [2.75, 3.05) is 55.9 Å². The minimum Gasteiger partial charge on any atom is -0.497 e. The molecular formula is C31H36N4O6. The molecule has 0 spiro atoms. The summed E-state index contributed by atoms with van der Waals surface area (Å²) in [7, 11) is 3.66. The molecule has 1 heterocycles. The second-order valence-electron chi connectivity index (χ2n) is 9.86. The van der Waals surface area contributed by atoms with Crippen LogP contribution >= 0.6 is 0 Å². The Morgan fingerprint density at radius 1 is 0.878 bits per heavy atom. The first-order valence-corrected chi connectivity index (χ1v) is 13.6. The number of aliphatic carboxylic acids is 1. The highest BCUT2D eigenvalue weighted by atomic mass is 16.5. The smallest absolute Gasteiger partial charge is 0.344 e. The van der Waals surface area contributed by atoms with Crippen molar-refractivity contribution in [2.45, 2.75) is 25.9 Å². The lowest BCUT2D eigenvalue weighted by atomic mass is 10.1. The summed E-state index contributed by atoms with van der Waals surface area (Å²) in [5.41, 5.74) is 2.26.